The average Bonchev–Trinajstić information content (AvgIpc) is 3.25. The number of aryl methyl sites for hydroxylation is 1. The molecule has 0 aliphatic heterocycles. The van der Waals surface area contributed by atoms with Crippen LogP contribution in [0.15, 0.2) is 36.4 Å². The first-order chi connectivity index (χ1) is 32.1. The van der Waals surface area contributed by atoms with Crippen LogP contribution in [0, 0.1) is 6.92 Å². The number of unbranched alkanes of at least 4 members (excludes halogenated alkanes) is 10. The molecule has 0 saturated carbocycles. The number of carboxylic acid groups (broad SMARTS) is 2. The number of aliphatic carboxylic acids is 2. The molecular weight excluding hydrogens is 928 g/mol. The zero-order chi connectivity index (χ0) is 50.6. The molecule has 0 unspecified atom stereocenters. The number of carboxylic acids is 2. The van der Waals surface area contributed by atoms with E-state index in [9.17, 15) is 52.2 Å². The highest BCUT2D eigenvalue weighted by molar-refractivity contribution is 7.85. The lowest BCUT2D eigenvalue weighted by Crippen LogP contribution is -2.57. The van der Waals surface area contributed by atoms with Crippen LogP contribution in [0.1, 0.15) is 141 Å². The number of carbonyl (C=O) groups is 7. The summed E-state index contributed by atoms with van der Waals surface area (Å²) in [5.74, 6) is -6.22. The van der Waals surface area contributed by atoms with Crippen LogP contribution in [-0.4, -0.2) is 108 Å². The maximum Gasteiger partial charge on any atom is 0.313 e. The maximum atomic E-state index is 13.5. The minimum absolute atomic E-state index is 0.0489. The maximum absolute atomic E-state index is 13.5. The van der Waals surface area contributed by atoms with Crippen molar-refractivity contribution in [3.8, 4) is 17.2 Å². The van der Waals surface area contributed by atoms with E-state index in [-0.39, 0.29) is 35.2 Å². The molecule has 4 amide bonds. The molecule has 0 spiro atoms. The number of hydrogen-bond acceptors (Lipinski definition) is 12. The number of nitrogens with one attached hydrogen (secondary N) is 4. The fraction of sp³-hybridized carbons (Fsp3) is 0.596. The van der Waals surface area contributed by atoms with Gasteiger partial charge in [0.15, 0.2) is 0 Å². The van der Waals surface area contributed by atoms with Crippen molar-refractivity contribution >= 4 is 63.3 Å². The van der Waals surface area contributed by atoms with Gasteiger partial charge in [-0.15, -0.1) is 0 Å². The Kier molecular flexibility index (Phi) is 27.2. The van der Waals surface area contributed by atoms with E-state index in [1.165, 1.54) is 17.7 Å². The number of rotatable bonds is 35. The standard InChI is InChI=1S/C47H69ClN4O15S/c1-31(2)34-18-17-19-35(27-34)65-23-14-11-9-13-22-49-45(59)37(20-21-42(54)55)51-46(60)38(28-43(56)57)52-47(61)39(50-33(4)53)29-44(58)67-40-30-41(36(48)26-32(40)3)66-24-15-10-7-5-6-8-12-16-25-68(62,63)64/h17-19,26-27,30-31,37-39H,5-16,20-25,28-29H2,1-4H3,(H,49,59)(H,50,53)(H,51,60)(H,52,61)(H,54,55)(H,56,57)(H,62,63,64)/t37-,38-,39-/m0/s1. The number of benzene rings is 2. The molecule has 3 atom stereocenters. The lowest BCUT2D eigenvalue weighted by Gasteiger charge is -2.24. The largest absolute Gasteiger partial charge is 0.494 e. The van der Waals surface area contributed by atoms with Crippen LogP contribution in [0.4, 0.5) is 0 Å². The van der Waals surface area contributed by atoms with Gasteiger partial charge in [0.05, 0.1) is 36.8 Å². The highest BCUT2D eigenvalue weighted by Crippen LogP contribution is 2.33. The van der Waals surface area contributed by atoms with Crippen LogP contribution < -0.4 is 35.5 Å². The van der Waals surface area contributed by atoms with Crippen LogP contribution in [0.2, 0.25) is 5.02 Å². The summed E-state index contributed by atoms with van der Waals surface area (Å²) in [6.45, 7) is 7.92. The van der Waals surface area contributed by atoms with Gasteiger partial charge in [-0.3, -0.25) is 38.1 Å². The van der Waals surface area contributed by atoms with Crippen molar-refractivity contribution in [2.24, 2.45) is 0 Å². The lowest BCUT2D eigenvalue weighted by molar-refractivity contribution is -0.142. The molecule has 380 valence electrons. The SMILES string of the molecule is CC(=O)N[C@@H](CC(=O)Oc1cc(OCCCCCCCCCCS(=O)(=O)O)c(Cl)cc1C)C(=O)N[C@@H](CC(=O)O)C(=O)N[C@@H](CCC(=O)O)C(=O)NCCCCCCOc1cccc(C(C)C)c1. The van der Waals surface area contributed by atoms with Crippen molar-refractivity contribution in [2.75, 3.05) is 25.5 Å². The van der Waals surface area contributed by atoms with Crippen LogP contribution in [0.25, 0.3) is 0 Å². The van der Waals surface area contributed by atoms with Gasteiger partial charge in [0.25, 0.3) is 10.1 Å². The summed E-state index contributed by atoms with van der Waals surface area (Å²) in [5, 5.41) is 28.7. The number of esters is 1. The van der Waals surface area contributed by atoms with Gasteiger partial charge in [-0.05, 0) is 74.3 Å². The van der Waals surface area contributed by atoms with Gasteiger partial charge in [-0.25, -0.2) is 0 Å². The zero-order valence-corrected chi connectivity index (χ0v) is 41.0. The first-order valence-electron chi connectivity index (χ1n) is 23.1. The Morgan fingerprint density at radius 2 is 1.25 bits per heavy atom. The van der Waals surface area contributed by atoms with Gasteiger partial charge in [0.2, 0.25) is 23.6 Å². The summed E-state index contributed by atoms with van der Waals surface area (Å²) < 4.78 is 47.7. The Morgan fingerprint density at radius 1 is 0.676 bits per heavy atom. The molecule has 68 heavy (non-hydrogen) atoms. The summed E-state index contributed by atoms with van der Waals surface area (Å²) in [5.41, 5.74) is 1.62. The van der Waals surface area contributed by atoms with E-state index in [2.05, 4.69) is 35.1 Å². The van der Waals surface area contributed by atoms with Gasteiger partial charge in [0, 0.05) is 26.0 Å². The smallest absolute Gasteiger partial charge is 0.313 e. The average molecular weight is 998 g/mol. The van der Waals surface area contributed by atoms with Gasteiger partial charge in [-0.1, -0.05) is 88.9 Å². The van der Waals surface area contributed by atoms with Gasteiger partial charge in [0.1, 0.15) is 35.4 Å². The van der Waals surface area contributed by atoms with Crippen molar-refractivity contribution < 1.29 is 71.0 Å². The topological polar surface area (TPSA) is 290 Å². The summed E-state index contributed by atoms with van der Waals surface area (Å²) in [6, 6.07) is 5.98. The minimum atomic E-state index is -3.93. The third-order valence-corrected chi connectivity index (χ3v) is 11.6. The molecule has 2 rings (SSSR count). The van der Waals surface area contributed by atoms with Gasteiger partial charge >= 0.3 is 17.9 Å². The Morgan fingerprint density at radius 3 is 1.84 bits per heavy atom. The second-order valence-electron chi connectivity index (χ2n) is 16.9. The molecule has 7 N–H and O–H groups in total. The number of halogens is 1. The molecule has 0 saturated heterocycles. The summed E-state index contributed by atoms with van der Waals surface area (Å²) in [7, 11) is -3.93. The first kappa shape index (κ1) is 58.7. The molecule has 19 nitrogen and oxygen atoms in total. The molecule has 0 heterocycles. The number of carbonyl (C=O) groups excluding carboxylic acids is 5. The molecule has 0 bridgehead atoms. The van der Waals surface area contributed by atoms with Crippen LogP contribution in [0.5, 0.6) is 17.2 Å². The summed E-state index contributed by atoms with van der Waals surface area (Å²) >= 11 is 6.39. The van der Waals surface area contributed by atoms with Crippen molar-refractivity contribution in [1.29, 1.82) is 0 Å². The van der Waals surface area contributed by atoms with Crippen molar-refractivity contribution in [3.05, 3.63) is 52.5 Å². The Hall–Kier alpha value is -5.47. The van der Waals surface area contributed by atoms with Gasteiger partial charge in [-0.2, -0.15) is 8.42 Å². The molecule has 0 fully saturated rings. The van der Waals surface area contributed by atoms with Gasteiger partial charge < -0.3 is 45.7 Å². The van der Waals surface area contributed by atoms with E-state index in [0.29, 0.717) is 50.4 Å². The summed E-state index contributed by atoms with van der Waals surface area (Å²) in [4.78, 5) is 88.7. The molecule has 2 aromatic carbocycles. The normalized spacial score (nSPS) is 12.6. The Labute approximate surface area is 403 Å². The predicted octanol–water partition coefficient (Wildman–Crippen LogP) is 6.02. The molecule has 0 radical (unpaired) electrons. The van der Waals surface area contributed by atoms with Crippen LogP contribution >= 0.6 is 11.6 Å². The van der Waals surface area contributed by atoms with Crippen LogP contribution in [0.3, 0.4) is 0 Å². The third kappa shape index (κ3) is 25.6. The van der Waals surface area contributed by atoms with Crippen LogP contribution in [-0.2, 0) is 43.7 Å². The van der Waals surface area contributed by atoms with E-state index >= 15 is 0 Å². The van der Waals surface area contributed by atoms with E-state index in [1.54, 1.807) is 6.92 Å². The highest BCUT2D eigenvalue weighted by atomic mass is 35.5. The molecule has 0 aliphatic carbocycles. The quantitative estimate of drug-likeness (QED) is 0.0180. The fourth-order valence-corrected chi connectivity index (χ4v) is 7.65. The Balaban J connectivity index is 1.96. The third-order valence-electron chi connectivity index (χ3n) is 10.5. The first-order valence-corrected chi connectivity index (χ1v) is 25.0. The monoisotopic (exact) mass is 996 g/mol. The van der Waals surface area contributed by atoms with Crippen molar-refractivity contribution in [3.63, 3.8) is 0 Å². The van der Waals surface area contributed by atoms with E-state index in [1.807, 2.05) is 24.3 Å². The zero-order valence-electron chi connectivity index (χ0n) is 39.4. The predicted molar refractivity (Wildman–Crippen MR) is 253 cm³/mol. The molecule has 0 aromatic heterocycles. The van der Waals surface area contributed by atoms with E-state index in [4.69, 9.17) is 30.4 Å². The minimum Gasteiger partial charge on any atom is -0.494 e. The molecule has 21 heteroatoms. The number of amides is 4. The number of hydrogen-bond donors (Lipinski definition) is 7. The fourth-order valence-electron chi connectivity index (χ4n) is 6.80. The second kappa shape index (κ2) is 31.6. The highest BCUT2D eigenvalue weighted by Gasteiger charge is 2.32. The second-order valence-corrected chi connectivity index (χ2v) is 18.9. The molecule has 2 aromatic rings. The number of ether oxygens (including phenoxy) is 3. The van der Waals surface area contributed by atoms with Crippen molar-refractivity contribution in [2.45, 2.75) is 154 Å². The van der Waals surface area contributed by atoms with Crippen molar-refractivity contribution in [1.82, 2.24) is 21.3 Å². The van der Waals surface area contributed by atoms with E-state index in [0.717, 1.165) is 64.0 Å². The molecular formula is C47H69ClN4O15S. The Bertz CT molecular complexity index is 2090. The molecule has 0 aliphatic rings. The lowest BCUT2D eigenvalue weighted by atomic mass is 10.0. The summed E-state index contributed by atoms with van der Waals surface area (Å²) in [6.07, 6.45) is 6.65. The van der Waals surface area contributed by atoms with E-state index < -0.39 is 89.0 Å².